The van der Waals surface area contributed by atoms with Crippen LogP contribution in [0.1, 0.15) is 30.4 Å². The van der Waals surface area contributed by atoms with Gasteiger partial charge in [-0.1, -0.05) is 68.3 Å². The highest BCUT2D eigenvalue weighted by molar-refractivity contribution is 5.69. The summed E-state index contributed by atoms with van der Waals surface area (Å²) in [5, 5.41) is 12.6. The van der Waals surface area contributed by atoms with E-state index in [0.29, 0.717) is 0 Å². The molecule has 0 amide bonds. The summed E-state index contributed by atoms with van der Waals surface area (Å²) in [4.78, 5) is 4.64. The Bertz CT molecular complexity index is 1080. The molecule has 1 heterocycles. The molecule has 1 N–H and O–H groups in total. The molecule has 4 nitrogen and oxygen atoms in total. The Morgan fingerprint density at radius 2 is 1.64 bits per heavy atom. The monoisotopic (exact) mass is 438 g/mol. The van der Waals surface area contributed by atoms with Crippen LogP contribution in [0.3, 0.4) is 0 Å². The van der Waals surface area contributed by atoms with Gasteiger partial charge in [0, 0.05) is 50.3 Å². The summed E-state index contributed by atoms with van der Waals surface area (Å²) in [6.07, 6.45) is 3.83. The van der Waals surface area contributed by atoms with Gasteiger partial charge < -0.3 is 15.1 Å². The Labute approximate surface area is 198 Å². The van der Waals surface area contributed by atoms with Crippen LogP contribution in [-0.4, -0.2) is 43.0 Å². The largest absolute Gasteiger partial charge is 0.392 e. The van der Waals surface area contributed by atoms with Crippen LogP contribution in [0.2, 0.25) is 0 Å². The summed E-state index contributed by atoms with van der Waals surface area (Å²) in [6.45, 7) is 16.2. The summed E-state index contributed by atoms with van der Waals surface area (Å²) >= 11 is 0. The fourth-order valence-electron chi connectivity index (χ4n) is 4.50. The molecule has 1 saturated carbocycles. The number of piperazine rings is 1. The number of nitrogens with zero attached hydrogens (tertiary/aromatic N) is 3. The number of benzene rings is 2. The Morgan fingerprint density at radius 1 is 0.970 bits per heavy atom. The van der Waals surface area contributed by atoms with Crippen LogP contribution in [0.4, 0.5) is 0 Å². The van der Waals surface area contributed by atoms with E-state index in [2.05, 4.69) is 89.5 Å². The molecule has 0 atom stereocenters. The molecular weight excluding hydrogens is 404 g/mol. The lowest BCUT2D eigenvalue weighted by Gasteiger charge is -2.40. The highest BCUT2D eigenvalue weighted by Gasteiger charge is 2.48. The molecule has 0 unspecified atom stereocenters. The minimum absolute atomic E-state index is 0.285. The molecule has 4 heteroatoms. The van der Waals surface area contributed by atoms with Gasteiger partial charge >= 0.3 is 0 Å². The van der Waals surface area contributed by atoms with Crippen LogP contribution in [0.15, 0.2) is 79.7 Å². The lowest BCUT2D eigenvalue weighted by Crippen LogP contribution is -2.45. The first kappa shape index (κ1) is 22.7. The van der Waals surface area contributed by atoms with Gasteiger partial charge in [-0.25, -0.2) is 0 Å². The number of nitrogens with one attached hydrogen (secondary N) is 1. The fourth-order valence-corrected chi connectivity index (χ4v) is 4.50. The lowest BCUT2D eigenvalue weighted by atomic mass is 9.99. The maximum absolute atomic E-state index is 9.46. The molecule has 2 aromatic rings. The quantitative estimate of drug-likeness (QED) is 0.567. The van der Waals surface area contributed by atoms with Crippen molar-refractivity contribution in [1.29, 1.82) is 5.26 Å². The minimum Gasteiger partial charge on any atom is -0.392 e. The lowest BCUT2D eigenvalue weighted by molar-refractivity contribution is 0.201. The molecule has 0 spiro atoms. The number of allylic oxidation sites excluding steroid dienone is 2. The van der Waals surface area contributed by atoms with Crippen molar-refractivity contribution in [3.63, 3.8) is 0 Å². The van der Waals surface area contributed by atoms with Crippen LogP contribution < -0.4 is 5.32 Å². The molecule has 2 aromatic carbocycles. The minimum atomic E-state index is -0.285. The summed E-state index contributed by atoms with van der Waals surface area (Å²) in [5.41, 5.74) is 7.78. The summed E-state index contributed by atoms with van der Waals surface area (Å²) < 4.78 is 0. The molecule has 1 aliphatic heterocycles. The standard InChI is InChI=1S/C29H34N4/c1-22(31-4)8-9-25-6-5-7-28(20-25)27-12-10-26(11-13-27)23(2)32-16-18-33(19-17-32)24(3)29(21-30)14-15-29/h5-7,10-13,20,31H,1-3,8-9,14-19H2,4H3. The predicted molar refractivity (Wildman–Crippen MR) is 137 cm³/mol. The van der Waals surface area contributed by atoms with Crippen LogP contribution in [-0.2, 0) is 6.42 Å². The molecular formula is C29H34N4. The molecule has 1 saturated heterocycles. The van der Waals surface area contributed by atoms with Crippen LogP contribution in [0.5, 0.6) is 0 Å². The number of hydrogen-bond donors (Lipinski definition) is 1. The normalized spacial score (nSPS) is 16.6. The van der Waals surface area contributed by atoms with Crippen molar-refractivity contribution in [3.05, 3.63) is 90.8 Å². The molecule has 1 aliphatic carbocycles. The van der Waals surface area contributed by atoms with Gasteiger partial charge in [0.15, 0.2) is 0 Å². The van der Waals surface area contributed by atoms with E-state index in [1.54, 1.807) is 0 Å². The number of nitriles is 1. The third kappa shape index (κ3) is 4.98. The molecule has 170 valence electrons. The van der Waals surface area contributed by atoms with Crippen molar-refractivity contribution in [2.24, 2.45) is 5.41 Å². The first-order chi connectivity index (χ1) is 16.0. The molecule has 2 aliphatic rings. The Kier molecular flexibility index (Phi) is 6.60. The Morgan fingerprint density at radius 3 is 2.24 bits per heavy atom. The van der Waals surface area contributed by atoms with Crippen molar-refractivity contribution < 1.29 is 0 Å². The highest BCUT2D eigenvalue weighted by Crippen LogP contribution is 2.51. The molecule has 0 bridgehead atoms. The second-order valence-electron chi connectivity index (χ2n) is 9.19. The van der Waals surface area contributed by atoms with E-state index in [1.165, 1.54) is 16.7 Å². The van der Waals surface area contributed by atoms with Gasteiger partial charge in [0.2, 0.25) is 0 Å². The van der Waals surface area contributed by atoms with E-state index in [4.69, 9.17) is 0 Å². The van der Waals surface area contributed by atoms with Gasteiger partial charge in [-0.05, 0) is 47.9 Å². The van der Waals surface area contributed by atoms with Gasteiger partial charge in [-0.2, -0.15) is 5.26 Å². The fraction of sp³-hybridized carbons (Fsp3) is 0.345. The molecule has 33 heavy (non-hydrogen) atoms. The van der Waals surface area contributed by atoms with Crippen molar-refractivity contribution in [3.8, 4) is 17.2 Å². The van der Waals surface area contributed by atoms with Gasteiger partial charge in [0.25, 0.3) is 0 Å². The van der Waals surface area contributed by atoms with Gasteiger partial charge in [-0.15, -0.1) is 0 Å². The number of rotatable bonds is 9. The summed E-state index contributed by atoms with van der Waals surface area (Å²) in [7, 11) is 1.92. The maximum atomic E-state index is 9.46. The van der Waals surface area contributed by atoms with Crippen LogP contribution in [0.25, 0.3) is 16.8 Å². The first-order valence-corrected chi connectivity index (χ1v) is 11.8. The third-order valence-corrected chi connectivity index (χ3v) is 7.11. The summed E-state index contributed by atoms with van der Waals surface area (Å²) in [5.74, 6) is 0. The Hall–Kier alpha value is -3.45. The topological polar surface area (TPSA) is 42.3 Å². The van der Waals surface area contributed by atoms with Gasteiger partial charge in [0.1, 0.15) is 0 Å². The van der Waals surface area contributed by atoms with E-state index in [-0.39, 0.29) is 5.41 Å². The molecule has 4 rings (SSSR count). The van der Waals surface area contributed by atoms with Crippen molar-refractivity contribution in [2.45, 2.75) is 25.7 Å². The number of aryl methyl sites for hydroxylation is 1. The second-order valence-corrected chi connectivity index (χ2v) is 9.19. The van der Waals surface area contributed by atoms with Crippen molar-refractivity contribution in [2.75, 3.05) is 33.2 Å². The molecule has 2 fully saturated rings. The maximum Gasteiger partial charge on any atom is 0.0965 e. The average molecular weight is 439 g/mol. The van der Waals surface area contributed by atoms with Crippen LogP contribution >= 0.6 is 0 Å². The van der Waals surface area contributed by atoms with E-state index in [1.807, 2.05) is 7.05 Å². The molecule has 0 radical (unpaired) electrons. The zero-order valence-electron chi connectivity index (χ0n) is 19.7. The zero-order valence-corrected chi connectivity index (χ0v) is 19.7. The number of hydrogen-bond acceptors (Lipinski definition) is 4. The van der Waals surface area contributed by atoms with Crippen molar-refractivity contribution >= 4 is 5.70 Å². The third-order valence-electron chi connectivity index (χ3n) is 7.11. The van der Waals surface area contributed by atoms with Gasteiger partial charge in [0.05, 0.1) is 11.5 Å². The second kappa shape index (κ2) is 9.58. The summed E-state index contributed by atoms with van der Waals surface area (Å²) in [6, 6.07) is 19.9. The zero-order chi connectivity index (χ0) is 23.4. The smallest absolute Gasteiger partial charge is 0.0965 e. The highest BCUT2D eigenvalue weighted by atomic mass is 15.3. The SMILES string of the molecule is C=C(CCc1cccc(-c2ccc(C(=C)N3CCN(C(=C)C4(C#N)CC4)CC3)cc2)c1)NC. The van der Waals surface area contributed by atoms with E-state index in [0.717, 1.165) is 74.5 Å². The average Bonchev–Trinajstić information content (AvgIpc) is 3.68. The van der Waals surface area contributed by atoms with E-state index < -0.39 is 0 Å². The van der Waals surface area contributed by atoms with Crippen LogP contribution in [0, 0.1) is 16.7 Å². The first-order valence-electron chi connectivity index (χ1n) is 11.8. The van der Waals surface area contributed by atoms with Gasteiger partial charge in [-0.3, -0.25) is 0 Å². The Balaban J connectivity index is 1.36. The predicted octanol–water partition coefficient (Wildman–Crippen LogP) is 5.43. The molecule has 0 aromatic heterocycles. The van der Waals surface area contributed by atoms with E-state index >= 15 is 0 Å². The van der Waals surface area contributed by atoms with Crippen molar-refractivity contribution in [1.82, 2.24) is 15.1 Å². The van der Waals surface area contributed by atoms with E-state index in [9.17, 15) is 5.26 Å².